The van der Waals surface area contributed by atoms with E-state index >= 15 is 0 Å². The van der Waals surface area contributed by atoms with Crippen molar-refractivity contribution in [1.82, 2.24) is 19.5 Å². The molecule has 0 fully saturated rings. The highest BCUT2D eigenvalue weighted by Crippen LogP contribution is 2.26. The number of fused-ring (bicyclic) bond motifs is 1. The Balaban J connectivity index is 2.26. The number of nitrogens with zero attached hydrogens (tertiary/aromatic N) is 4. The molecule has 20 heavy (non-hydrogen) atoms. The van der Waals surface area contributed by atoms with E-state index in [-0.39, 0.29) is 12.6 Å². The number of hydrogen-bond donors (Lipinski definition) is 2. The zero-order chi connectivity index (χ0) is 14.1. The highest BCUT2D eigenvalue weighted by molar-refractivity contribution is 9.10. The molecular formula is C13H12BrN5O. The fourth-order valence-corrected chi connectivity index (χ4v) is 2.49. The maximum absolute atomic E-state index is 9.17. The third-order valence-electron chi connectivity index (χ3n) is 3.03. The van der Waals surface area contributed by atoms with E-state index in [1.54, 1.807) is 18.5 Å². The Morgan fingerprint density at radius 1 is 1.35 bits per heavy atom. The number of rotatable bonds is 3. The summed E-state index contributed by atoms with van der Waals surface area (Å²) in [4.78, 5) is 12.4. The fourth-order valence-electron chi connectivity index (χ4n) is 2.17. The van der Waals surface area contributed by atoms with Gasteiger partial charge < -0.3 is 15.4 Å². The van der Waals surface area contributed by atoms with Crippen molar-refractivity contribution >= 4 is 32.8 Å². The molecule has 0 unspecified atom stereocenters. The number of halogens is 1. The second-order valence-corrected chi connectivity index (χ2v) is 5.11. The molecule has 0 radical (unpaired) electrons. The van der Waals surface area contributed by atoms with Crippen LogP contribution >= 0.6 is 15.9 Å². The van der Waals surface area contributed by atoms with Crippen molar-refractivity contribution in [3.63, 3.8) is 0 Å². The fraction of sp³-hybridized carbons (Fsp3) is 0.154. The summed E-state index contributed by atoms with van der Waals surface area (Å²) in [5.74, 6) is 0.908. The first-order chi connectivity index (χ1) is 9.69. The summed E-state index contributed by atoms with van der Waals surface area (Å²) < 4.78 is 2.66. The largest absolute Gasteiger partial charge is 0.396 e. The Morgan fingerprint density at radius 3 is 2.95 bits per heavy atom. The molecule has 0 aliphatic carbocycles. The van der Waals surface area contributed by atoms with Crippen LogP contribution in [0.4, 0.5) is 5.95 Å². The number of pyridine rings is 1. The first-order valence-electron chi connectivity index (χ1n) is 6.04. The first kappa shape index (κ1) is 13.0. The van der Waals surface area contributed by atoms with Crippen LogP contribution in [0, 0.1) is 0 Å². The molecule has 102 valence electrons. The van der Waals surface area contributed by atoms with Crippen molar-refractivity contribution in [2.24, 2.45) is 0 Å². The topological polar surface area (TPSA) is 89.8 Å². The molecule has 3 N–H and O–H groups in total. The van der Waals surface area contributed by atoms with Gasteiger partial charge in [-0.2, -0.15) is 4.98 Å². The van der Waals surface area contributed by atoms with E-state index in [1.807, 2.05) is 16.8 Å². The van der Waals surface area contributed by atoms with Crippen LogP contribution < -0.4 is 5.73 Å². The van der Waals surface area contributed by atoms with E-state index in [9.17, 15) is 5.11 Å². The second kappa shape index (κ2) is 5.18. The molecule has 7 heteroatoms. The average Bonchev–Trinajstić information content (AvgIpc) is 2.77. The molecule has 3 heterocycles. The van der Waals surface area contributed by atoms with Gasteiger partial charge in [0.25, 0.3) is 0 Å². The van der Waals surface area contributed by atoms with Gasteiger partial charge in [0.15, 0.2) is 0 Å². The van der Waals surface area contributed by atoms with Crippen LogP contribution in [-0.2, 0) is 6.42 Å². The van der Waals surface area contributed by atoms with E-state index in [0.29, 0.717) is 12.2 Å². The van der Waals surface area contributed by atoms with Gasteiger partial charge in [-0.25, -0.2) is 9.97 Å². The first-order valence-corrected chi connectivity index (χ1v) is 6.83. The predicted molar refractivity (Wildman–Crippen MR) is 79.6 cm³/mol. The van der Waals surface area contributed by atoms with Crippen LogP contribution in [0.15, 0.2) is 35.3 Å². The Labute approximate surface area is 123 Å². The summed E-state index contributed by atoms with van der Waals surface area (Å²) in [6.07, 6.45) is 5.90. The molecule has 0 spiro atoms. The highest BCUT2D eigenvalue weighted by atomic mass is 79.9. The second-order valence-electron chi connectivity index (χ2n) is 4.30. The van der Waals surface area contributed by atoms with E-state index in [1.165, 1.54) is 0 Å². The lowest BCUT2D eigenvalue weighted by Crippen LogP contribution is -2.01. The summed E-state index contributed by atoms with van der Waals surface area (Å²) in [6.45, 7) is 0.0844. The van der Waals surface area contributed by atoms with Gasteiger partial charge in [0, 0.05) is 30.6 Å². The number of aliphatic hydroxyl groups excluding tert-OH is 1. The van der Waals surface area contributed by atoms with Crippen molar-refractivity contribution in [3.05, 3.63) is 40.9 Å². The Bertz CT molecular complexity index is 771. The summed E-state index contributed by atoms with van der Waals surface area (Å²) in [5, 5.41) is 10.2. The third kappa shape index (κ3) is 2.25. The maximum Gasteiger partial charge on any atom is 0.221 e. The van der Waals surface area contributed by atoms with Gasteiger partial charge in [0.05, 0.1) is 5.52 Å². The molecule has 0 aliphatic heterocycles. The molecule has 0 bridgehead atoms. The molecule has 0 atom stereocenters. The van der Waals surface area contributed by atoms with Crippen LogP contribution in [0.25, 0.3) is 16.7 Å². The minimum Gasteiger partial charge on any atom is -0.396 e. The normalized spacial score (nSPS) is 11.1. The lowest BCUT2D eigenvalue weighted by atomic mass is 10.2. The molecule has 0 amide bonds. The zero-order valence-corrected chi connectivity index (χ0v) is 12.1. The molecule has 0 saturated carbocycles. The minimum absolute atomic E-state index is 0.0844. The molecule has 0 saturated heterocycles. The number of nitrogens with two attached hydrogens (primary N) is 1. The van der Waals surface area contributed by atoms with Crippen molar-refractivity contribution < 1.29 is 5.11 Å². The maximum atomic E-state index is 9.17. The monoisotopic (exact) mass is 333 g/mol. The summed E-state index contributed by atoms with van der Waals surface area (Å²) in [5.41, 5.74) is 7.60. The standard InChI is InChI=1S/C13H12BrN5O/c14-11-5-10-9(6-17-11)8(2-4-20)7-19(10)12-1-3-16-13(15)18-12/h1,3,5-7,20H,2,4H2,(H2,15,16,18). The average molecular weight is 334 g/mol. The van der Waals surface area contributed by atoms with E-state index in [4.69, 9.17) is 5.73 Å². The lowest BCUT2D eigenvalue weighted by molar-refractivity contribution is 0.300. The van der Waals surface area contributed by atoms with Gasteiger partial charge in [-0.1, -0.05) is 0 Å². The van der Waals surface area contributed by atoms with Gasteiger partial charge in [-0.15, -0.1) is 0 Å². The Kier molecular flexibility index (Phi) is 3.37. The van der Waals surface area contributed by atoms with Crippen LogP contribution in [-0.4, -0.2) is 31.2 Å². The van der Waals surface area contributed by atoms with Gasteiger partial charge >= 0.3 is 0 Å². The molecular weight excluding hydrogens is 322 g/mol. The number of anilines is 1. The summed E-state index contributed by atoms with van der Waals surface area (Å²) >= 11 is 3.37. The zero-order valence-electron chi connectivity index (χ0n) is 10.5. The van der Waals surface area contributed by atoms with Crippen LogP contribution in [0.2, 0.25) is 0 Å². The predicted octanol–water partition coefficient (Wildman–Crippen LogP) is 1.69. The van der Waals surface area contributed by atoms with Gasteiger partial charge in [-0.05, 0) is 40.0 Å². The van der Waals surface area contributed by atoms with Crippen molar-refractivity contribution in [2.45, 2.75) is 6.42 Å². The molecule has 0 aliphatic rings. The molecule has 6 nitrogen and oxygen atoms in total. The van der Waals surface area contributed by atoms with Gasteiger partial charge in [-0.3, -0.25) is 0 Å². The molecule has 3 aromatic heterocycles. The lowest BCUT2D eigenvalue weighted by Gasteiger charge is -2.04. The Morgan fingerprint density at radius 2 is 2.20 bits per heavy atom. The SMILES string of the molecule is Nc1nccc(-n2cc(CCO)c3cnc(Br)cc32)n1. The van der Waals surface area contributed by atoms with Crippen LogP contribution in [0.3, 0.4) is 0 Å². The highest BCUT2D eigenvalue weighted by Gasteiger charge is 2.11. The van der Waals surface area contributed by atoms with Crippen LogP contribution in [0.5, 0.6) is 0 Å². The quantitative estimate of drug-likeness (QED) is 0.712. The molecule has 3 rings (SSSR count). The van der Waals surface area contributed by atoms with Crippen LogP contribution in [0.1, 0.15) is 5.56 Å². The smallest absolute Gasteiger partial charge is 0.221 e. The number of aromatic nitrogens is 4. The Hall–Kier alpha value is -1.99. The summed E-state index contributed by atoms with van der Waals surface area (Å²) in [7, 11) is 0. The number of hydrogen-bond acceptors (Lipinski definition) is 5. The van der Waals surface area contributed by atoms with E-state index in [2.05, 4.69) is 30.9 Å². The number of nitrogen functional groups attached to an aromatic ring is 1. The van der Waals surface area contributed by atoms with E-state index in [0.717, 1.165) is 21.1 Å². The number of aliphatic hydroxyl groups is 1. The van der Waals surface area contributed by atoms with E-state index < -0.39 is 0 Å². The molecule has 3 aromatic rings. The van der Waals surface area contributed by atoms with Gasteiger partial charge in [0.2, 0.25) is 5.95 Å². The summed E-state index contributed by atoms with van der Waals surface area (Å²) in [6, 6.07) is 3.70. The van der Waals surface area contributed by atoms with Gasteiger partial charge in [0.1, 0.15) is 10.4 Å². The minimum atomic E-state index is 0.0844. The van der Waals surface area contributed by atoms with Crippen molar-refractivity contribution in [2.75, 3.05) is 12.3 Å². The molecule has 0 aromatic carbocycles. The third-order valence-corrected chi connectivity index (χ3v) is 3.46. The van der Waals surface area contributed by atoms with Crippen molar-refractivity contribution in [3.8, 4) is 5.82 Å². The van der Waals surface area contributed by atoms with Crippen molar-refractivity contribution in [1.29, 1.82) is 0 Å².